The van der Waals surface area contributed by atoms with Crippen LogP contribution in [0.5, 0.6) is 0 Å². The largest absolute Gasteiger partial charge is 0.399 e. The number of nitrogen functional groups attached to an aromatic ring is 1. The van der Waals surface area contributed by atoms with Gasteiger partial charge in [0, 0.05) is 36.4 Å². The monoisotopic (exact) mass is 261 g/mol. The Labute approximate surface area is 115 Å². The Morgan fingerprint density at radius 2 is 1.84 bits per heavy atom. The van der Waals surface area contributed by atoms with Crippen molar-refractivity contribution in [3.8, 4) is 0 Å². The van der Waals surface area contributed by atoms with Crippen LogP contribution in [0.15, 0.2) is 18.2 Å². The van der Waals surface area contributed by atoms with Gasteiger partial charge in [0.1, 0.15) is 0 Å². The first-order chi connectivity index (χ1) is 8.90. The summed E-state index contributed by atoms with van der Waals surface area (Å²) in [6, 6.07) is 6.29. The predicted octanol–water partition coefficient (Wildman–Crippen LogP) is 1.74. The van der Waals surface area contributed by atoms with Crippen LogP contribution in [0.3, 0.4) is 0 Å². The number of nitrogens with zero attached hydrogens (tertiary/aromatic N) is 2. The maximum absolute atomic E-state index is 12.6. The number of anilines is 1. The third kappa shape index (κ3) is 2.73. The van der Waals surface area contributed by atoms with Gasteiger partial charge in [-0.05, 0) is 45.5 Å². The third-order valence-electron chi connectivity index (χ3n) is 4.14. The Balaban J connectivity index is 2.22. The molecule has 0 radical (unpaired) electrons. The standard InChI is InChI=1S/C15H23N3O/c1-10-5-6-13(16)7-14(10)15(19)18-8-11(2)17(4)12(3)9-18/h5-7,11-12H,8-9,16H2,1-4H3. The van der Waals surface area contributed by atoms with E-state index in [2.05, 4.69) is 25.8 Å². The Morgan fingerprint density at radius 3 is 2.42 bits per heavy atom. The summed E-state index contributed by atoms with van der Waals surface area (Å²) in [5.74, 6) is 0.0941. The predicted molar refractivity (Wildman–Crippen MR) is 78.2 cm³/mol. The van der Waals surface area contributed by atoms with Gasteiger partial charge in [0.25, 0.3) is 5.91 Å². The molecular formula is C15H23N3O. The van der Waals surface area contributed by atoms with Gasteiger partial charge in [0.05, 0.1) is 0 Å². The molecule has 1 saturated heterocycles. The Bertz CT molecular complexity index is 474. The second-order valence-corrected chi connectivity index (χ2v) is 5.65. The Morgan fingerprint density at radius 1 is 1.26 bits per heavy atom. The first-order valence-electron chi connectivity index (χ1n) is 6.77. The molecule has 4 nitrogen and oxygen atoms in total. The van der Waals surface area contributed by atoms with Gasteiger partial charge in [0.2, 0.25) is 0 Å². The van der Waals surface area contributed by atoms with E-state index in [1.165, 1.54) is 0 Å². The van der Waals surface area contributed by atoms with E-state index in [1.807, 2.05) is 24.0 Å². The van der Waals surface area contributed by atoms with Gasteiger partial charge in [0.15, 0.2) is 0 Å². The summed E-state index contributed by atoms with van der Waals surface area (Å²) in [6.07, 6.45) is 0. The average Bonchev–Trinajstić information content (AvgIpc) is 2.37. The number of hydrogen-bond acceptors (Lipinski definition) is 3. The number of nitrogens with two attached hydrogens (primary N) is 1. The first-order valence-corrected chi connectivity index (χ1v) is 6.77. The van der Waals surface area contributed by atoms with Gasteiger partial charge >= 0.3 is 0 Å². The van der Waals surface area contributed by atoms with E-state index in [0.717, 1.165) is 24.2 Å². The van der Waals surface area contributed by atoms with Crippen molar-refractivity contribution in [3.05, 3.63) is 29.3 Å². The highest BCUT2D eigenvalue weighted by Crippen LogP contribution is 2.19. The van der Waals surface area contributed by atoms with Crippen molar-refractivity contribution in [2.45, 2.75) is 32.9 Å². The number of likely N-dealkylation sites (N-methyl/N-ethyl adjacent to an activating group) is 1. The smallest absolute Gasteiger partial charge is 0.254 e. The zero-order chi connectivity index (χ0) is 14.2. The zero-order valence-electron chi connectivity index (χ0n) is 12.2. The number of amides is 1. The molecule has 1 amide bonds. The summed E-state index contributed by atoms with van der Waals surface area (Å²) in [6.45, 7) is 7.81. The van der Waals surface area contributed by atoms with Crippen molar-refractivity contribution in [1.82, 2.24) is 9.80 Å². The minimum Gasteiger partial charge on any atom is -0.399 e. The highest BCUT2D eigenvalue weighted by molar-refractivity contribution is 5.96. The van der Waals surface area contributed by atoms with Crippen molar-refractivity contribution in [3.63, 3.8) is 0 Å². The topological polar surface area (TPSA) is 49.6 Å². The number of aryl methyl sites for hydroxylation is 1. The molecule has 0 saturated carbocycles. The molecule has 1 aromatic carbocycles. The maximum atomic E-state index is 12.6. The lowest BCUT2D eigenvalue weighted by Gasteiger charge is -2.42. The molecule has 4 heteroatoms. The molecule has 2 atom stereocenters. The minimum absolute atomic E-state index is 0.0941. The number of carbonyl (C=O) groups is 1. The number of hydrogen-bond donors (Lipinski definition) is 1. The van der Waals surface area contributed by atoms with Gasteiger partial charge in [-0.15, -0.1) is 0 Å². The first kappa shape index (κ1) is 13.9. The van der Waals surface area contributed by atoms with E-state index in [4.69, 9.17) is 5.73 Å². The molecule has 104 valence electrons. The second kappa shape index (κ2) is 5.21. The minimum atomic E-state index is 0.0941. The summed E-state index contributed by atoms with van der Waals surface area (Å²) >= 11 is 0. The third-order valence-corrected chi connectivity index (χ3v) is 4.14. The molecule has 2 unspecified atom stereocenters. The summed E-state index contributed by atoms with van der Waals surface area (Å²) in [5.41, 5.74) is 8.15. The highest BCUT2D eigenvalue weighted by Gasteiger charge is 2.30. The van der Waals surface area contributed by atoms with Crippen LogP contribution in [0, 0.1) is 6.92 Å². The van der Waals surface area contributed by atoms with Gasteiger partial charge < -0.3 is 10.6 Å². The molecule has 19 heavy (non-hydrogen) atoms. The van der Waals surface area contributed by atoms with E-state index < -0.39 is 0 Å². The molecular weight excluding hydrogens is 238 g/mol. The number of benzene rings is 1. The highest BCUT2D eigenvalue weighted by atomic mass is 16.2. The fourth-order valence-corrected chi connectivity index (χ4v) is 2.61. The van der Waals surface area contributed by atoms with E-state index in [-0.39, 0.29) is 5.91 Å². The van der Waals surface area contributed by atoms with Crippen LogP contribution in [-0.4, -0.2) is 47.9 Å². The van der Waals surface area contributed by atoms with Crippen LogP contribution in [0.2, 0.25) is 0 Å². The number of rotatable bonds is 1. The molecule has 0 aliphatic carbocycles. The molecule has 2 N–H and O–H groups in total. The van der Waals surface area contributed by atoms with Crippen molar-refractivity contribution >= 4 is 11.6 Å². The quantitative estimate of drug-likeness (QED) is 0.783. The fraction of sp³-hybridized carbons (Fsp3) is 0.533. The number of piperazine rings is 1. The molecule has 2 rings (SSSR count). The molecule has 1 heterocycles. The molecule has 1 aromatic rings. The van der Waals surface area contributed by atoms with Gasteiger partial charge in [-0.25, -0.2) is 0 Å². The summed E-state index contributed by atoms with van der Waals surface area (Å²) in [4.78, 5) is 16.9. The lowest BCUT2D eigenvalue weighted by atomic mass is 10.0. The molecule has 0 spiro atoms. The number of carbonyl (C=O) groups excluding carboxylic acids is 1. The van der Waals surface area contributed by atoms with Crippen LogP contribution in [0.4, 0.5) is 5.69 Å². The maximum Gasteiger partial charge on any atom is 0.254 e. The lowest BCUT2D eigenvalue weighted by molar-refractivity contribution is 0.0413. The second-order valence-electron chi connectivity index (χ2n) is 5.65. The van der Waals surface area contributed by atoms with E-state index in [1.54, 1.807) is 6.07 Å². The van der Waals surface area contributed by atoms with E-state index in [9.17, 15) is 4.79 Å². The molecule has 0 bridgehead atoms. The molecule has 1 fully saturated rings. The summed E-state index contributed by atoms with van der Waals surface area (Å²) in [7, 11) is 2.11. The van der Waals surface area contributed by atoms with Crippen molar-refractivity contribution < 1.29 is 4.79 Å². The van der Waals surface area contributed by atoms with E-state index >= 15 is 0 Å². The Hall–Kier alpha value is -1.55. The van der Waals surface area contributed by atoms with Crippen LogP contribution >= 0.6 is 0 Å². The van der Waals surface area contributed by atoms with Crippen LogP contribution in [0.1, 0.15) is 29.8 Å². The van der Waals surface area contributed by atoms with Gasteiger partial charge in [-0.1, -0.05) is 6.07 Å². The normalized spacial score (nSPS) is 24.5. The molecule has 0 aromatic heterocycles. The van der Waals surface area contributed by atoms with Crippen molar-refractivity contribution in [2.24, 2.45) is 0 Å². The summed E-state index contributed by atoms with van der Waals surface area (Å²) in [5, 5.41) is 0. The average molecular weight is 261 g/mol. The van der Waals surface area contributed by atoms with Crippen LogP contribution in [-0.2, 0) is 0 Å². The van der Waals surface area contributed by atoms with Gasteiger partial charge in [-0.2, -0.15) is 0 Å². The molecule has 1 aliphatic heterocycles. The van der Waals surface area contributed by atoms with Crippen molar-refractivity contribution in [1.29, 1.82) is 0 Å². The zero-order valence-corrected chi connectivity index (χ0v) is 12.2. The van der Waals surface area contributed by atoms with Crippen LogP contribution in [0.25, 0.3) is 0 Å². The van der Waals surface area contributed by atoms with Crippen LogP contribution < -0.4 is 5.73 Å². The SMILES string of the molecule is Cc1ccc(N)cc1C(=O)N1CC(C)N(C)C(C)C1. The summed E-state index contributed by atoms with van der Waals surface area (Å²) < 4.78 is 0. The van der Waals surface area contributed by atoms with Gasteiger partial charge in [-0.3, -0.25) is 9.69 Å². The molecule has 1 aliphatic rings. The Kier molecular flexibility index (Phi) is 3.80. The van der Waals surface area contributed by atoms with E-state index in [0.29, 0.717) is 17.8 Å². The fourth-order valence-electron chi connectivity index (χ4n) is 2.61. The lowest BCUT2D eigenvalue weighted by Crippen LogP contribution is -2.56. The van der Waals surface area contributed by atoms with Crippen molar-refractivity contribution in [2.75, 3.05) is 25.9 Å².